The van der Waals surface area contributed by atoms with Crippen LogP contribution < -0.4 is 10.5 Å². The summed E-state index contributed by atoms with van der Waals surface area (Å²) in [5.41, 5.74) is 5.67. The van der Waals surface area contributed by atoms with Gasteiger partial charge in [0.05, 0.1) is 12.5 Å². The highest BCUT2D eigenvalue weighted by molar-refractivity contribution is 7.86. The van der Waals surface area contributed by atoms with E-state index in [9.17, 15) is 13.2 Å². The summed E-state index contributed by atoms with van der Waals surface area (Å²) in [6.07, 6.45) is 2.18. The van der Waals surface area contributed by atoms with Crippen LogP contribution in [0.2, 0.25) is 0 Å². The standard InChI is InChI=1S/C16H23N3O4S/c1-23-14-6-4-5-13(9-14)10-16(15(17)20)11-19(12-16)24(21,22)18-7-2-3-8-18/h4-6,9H,2-3,7-8,10-12H2,1H3,(H2,17,20). The number of carbonyl (C=O) groups is 1. The zero-order valence-electron chi connectivity index (χ0n) is 13.8. The quantitative estimate of drug-likeness (QED) is 0.799. The molecule has 0 bridgehead atoms. The second-order valence-electron chi connectivity index (χ2n) is 6.55. The molecule has 0 saturated carbocycles. The van der Waals surface area contributed by atoms with Crippen molar-refractivity contribution in [3.8, 4) is 5.75 Å². The molecule has 2 N–H and O–H groups in total. The molecule has 2 saturated heterocycles. The van der Waals surface area contributed by atoms with Crippen molar-refractivity contribution >= 4 is 16.1 Å². The molecule has 8 heteroatoms. The molecule has 2 aliphatic heterocycles. The highest BCUT2D eigenvalue weighted by Gasteiger charge is 2.53. The number of primary amides is 1. The maximum atomic E-state index is 12.6. The lowest BCUT2D eigenvalue weighted by Crippen LogP contribution is -2.66. The van der Waals surface area contributed by atoms with Crippen molar-refractivity contribution in [3.05, 3.63) is 29.8 Å². The molecule has 0 atom stereocenters. The van der Waals surface area contributed by atoms with E-state index >= 15 is 0 Å². The van der Waals surface area contributed by atoms with Gasteiger partial charge in [-0.2, -0.15) is 17.0 Å². The number of nitrogens with zero attached hydrogens (tertiary/aromatic N) is 2. The minimum atomic E-state index is -3.48. The van der Waals surface area contributed by atoms with E-state index in [0.717, 1.165) is 18.4 Å². The van der Waals surface area contributed by atoms with Gasteiger partial charge < -0.3 is 10.5 Å². The first-order chi connectivity index (χ1) is 11.4. The SMILES string of the molecule is COc1cccc(CC2(C(N)=O)CN(S(=O)(=O)N3CCCC3)C2)c1. The summed E-state index contributed by atoms with van der Waals surface area (Å²) in [4.78, 5) is 12.0. The molecule has 0 aliphatic carbocycles. The summed E-state index contributed by atoms with van der Waals surface area (Å²) in [7, 11) is -1.90. The van der Waals surface area contributed by atoms with Gasteiger partial charge in [0, 0.05) is 26.2 Å². The summed E-state index contributed by atoms with van der Waals surface area (Å²) >= 11 is 0. The molecule has 1 amide bonds. The maximum Gasteiger partial charge on any atom is 0.282 e. The number of hydrogen-bond donors (Lipinski definition) is 1. The van der Waals surface area contributed by atoms with Crippen LogP contribution >= 0.6 is 0 Å². The Morgan fingerprint density at radius 2 is 1.92 bits per heavy atom. The van der Waals surface area contributed by atoms with Gasteiger partial charge in [-0.15, -0.1) is 0 Å². The summed E-state index contributed by atoms with van der Waals surface area (Å²) in [5.74, 6) is 0.242. The Kier molecular flexibility index (Phi) is 4.54. The van der Waals surface area contributed by atoms with Gasteiger partial charge in [0.15, 0.2) is 0 Å². The molecule has 132 valence electrons. The van der Waals surface area contributed by atoms with Crippen LogP contribution in [-0.4, -0.2) is 56.2 Å². The third-order valence-corrected chi connectivity index (χ3v) is 6.80. The van der Waals surface area contributed by atoms with Crippen LogP contribution in [-0.2, 0) is 21.4 Å². The third kappa shape index (κ3) is 3.01. The van der Waals surface area contributed by atoms with Crippen LogP contribution in [0.1, 0.15) is 18.4 Å². The average Bonchev–Trinajstić information content (AvgIpc) is 3.05. The van der Waals surface area contributed by atoms with E-state index in [1.54, 1.807) is 7.11 Å². The molecule has 2 heterocycles. The van der Waals surface area contributed by atoms with Crippen molar-refractivity contribution in [2.75, 3.05) is 33.3 Å². The summed E-state index contributed by atoms with van der Waals surface area (Å²) in [5, 5.41) is 0. The van der Waals surface area contributed by atoms with Crippen molar-refractivity contribution in [1.82, 2.24) is 8.61 Å². The van der Waals surface area contributed by atoms with Crippen molar-refractivity contribution in [2.24, 2.45) is 11.1 Å². The van der Waals surface area contributed by atoms with Crippen molar-refractivity contribution in [1.29, 1.82) is 0 Å². The van der Waals surface area contributed by atoms with Gasteiger partial charge in [0.1, 0.15) is 5.75 Å². The lowest BCUT2D eigenvalue weighted by atomic mass is 9.75. The minimum Gasteiger partial charge on any atom is -0.497 e. The third-order valence-electron chi connectivity index (χ3n) is 4.87. The van der Waals surface area contributed by atoms with Crippen molar-refractivity contribution in [3.63, 3.8) is 0 Å². The molecular formula is C16H23N3O4S. The van der Waals surface area contributed by atoms with Crippen LogP contribution in [0.3, 0.4) is 0 Å². The molecule has 0 spiro atoms. The van der Waals surface area contributed by atoms with E-state index in [1.165, 1.54) is 8.61 Å². The van der Waals surface area contributed by atoms with Gasteiger partial charge >= 0.3 is 0 Å². The molecule has 0 aromatic heterocycles. The first kappa shape index (κ1) is 17.2. The second kappa shape index (κ2) is 6.34. The number of benzene rings is 1. The molecule has 2 aliphatic rings. The van der Waals surface area contributed by atoms with Gasteiger partial charge in [-0.25, -0.2) is 0 Å². The topological polar surface area (TPSA) is 92.9 Å². The number of nitrogens with two attached hydrogens (primary N) is 1. The van der Waals surface area contributed by atoms with Gasteiger partial charge in [0.2, 0.25) is 5.91 Å². The Bertz CT molecular complexity index is 723. The number of amides is 1. The van der Waals surface area contributed by atoms with Crippen LogP contribution in [0.25, 0.3) is 0 Å². The molecule has 0 radical (unpaired) electrons. The predicted octanol–water partition coefficient (Wildman–Crippen LogP) is 0.366. The largest absolute Gasteiger partial charge is 0.497 e. The number of ether oxygens (including phenoxy) is 1. The van der Waals surface area contributed by atoms with E-state index in [0.29, 0.717) is 25.3 Å². The zero-order valence-corrected chi connectivity index (χ0v) is 14.6. The van der Waals surface area contributed by atoms with E-state index in [2.05, 4.69) is 0 Å². The molecule has 2 fully saturated rings. The fraction of sp³-hybridized carbons (Fsp3) is 0.562. The number of methoxy groups -OCH3 is 1. The summed E-state index contributed by atoms with van der Waals surface area (Å²) < 4.78 is 33.2. The van der Waals surface area contributed by atoms with E-state index in [1.807, 2.05) is 24.3 Å². The van der Waals surface area contributed by atoms with Crippen LogP contribution in [0.5, 0.6) is 5.75 Å². The summed E-state index contributed by atoms with van der Waals surface area (Å²) in [6, 6.07) is 7.42. The minimum absolute atomic E-state index is 0.137. The lowest BCUT2D eigenvalue weighted by Gasteiger charge is -2.48. The van der Waals surface area contributed by atoms with Gasteiger partial charge in [-0.05, 0) is 37.0 Å². The molecule has 0 unspecified atom stereocenters. The molecule has 1 aromatic carbocycles. The fourth-order valence-corrected chi connectivity index (χ4v) is 5.27. The number of rotatable bonds is 6. The Balaban J connectivity index is 1.74. The monoisotopic (exact) mass is 353 g/mol. The molecule has 24 heavy (non-hydrogen) atoms. The Hall–Kier alpha value is -1.64. The smallest absolute Gasteiger partial charge is 0.282 e. The van der Waals surface area contributed by atoms with E-state index < -0.39 is 21.5 Å². The molecule has 3 rings (SSSR count). The molecule has 1 aromatic rings. The lowest BCUT2D eigenvalue weighted by molar-refractivity contribution is -0.134. The predicted molar refractivity (Wildman–Crippen MR) is 89.6 cm³/mol. The van der Waals surface area contributed by atoms with Crippen LogP contribution in [0, 0.1) is 5.41 Å². The van der Waals surface area contributed by atoms with Crippen LogP contribution in [0.15, 0.2) is 24.3 Å². The van der Waals surface area contributed by atoms with Gasteiger partial charge in [0.25, 0.3) is 10.2 Å². The van der Waals surface area contributed by atoms with E-state index in [4.69, 9.17) is 10.5 Å². The van der Waals surface area contributed by atoms with Crippen molar-refractivity contribution in [2.45, 2.75) is 19.3 Å². The second-order valence-corrected chi connectivity index (χ2v) is 8.48. The van der Waals surface area contributed by atoms with Gasteiger partial charge in [-0.1, -0.05) is 12.1 Å². The first-order valence-electron chi connectivity index (χ1n) is 8.05. The number of carbonyl (C=O) groups excluding carboxylic acids is 1. The highest BCUT2D eigenvalue weighted by atomic mass is 32.2. The Labute approximate surface area is 142 Å². The average molecular weight is 353 g/mol. The Morgan fingerprint density at radius 1 is 1.25 bits per heavy atom. The zero-order chi connectivity index (χ0) is 17.4. The van der Waals surface area contributed by atoms with Crippen molar-refractivity contribution < 1.29 is 17.9 Å². The normalized spacial score (nSPS) is 21.4. The van der Waals surface area contributed by atoms with E-state index in [-0.39, 0.29) is 13.1 Å². The fourth-order valence-electron chi connectivity index (χ4n) is 3.40. The molecular weight excluding hydrogens is 330 g/mol. The van der Waals surface area contributed by atoms with Crippen LogP contribution in [0.4, 0.5) is 0 Å². The maximum absolute atomic E-state index is 12.6. The molecule has 7 nitrogen and oxygen atoms in total. The Morgan fingerprint density at radius 3 is 2.50 bits per heavy atom. The highest BCUT2D eigenvalue weighted by Crippen LogP contribution is 2.37. The number of hydrogen-bond acceptors (Lipinski definition) is 4. The van der Waals surface area contributed by atoms with Gasteiger partial charge in [-0.3, -0.25) is 4.79 Å². The summed E-state index contributed by atoms with van der Waals surface area (Å²) in [6.45, 7) is 1.38. The first-order valence-corrected chi connectivity index (χ1v) is 9.45.